The monoisotopic (exact) mass is 450 g/mol. The van der Waals surface area contributed by atoms with Crippen LogP contribution in [0.15, 0.2) is 42.5 Å². The number of anilines is 1. The second-order valence-electron chi connectivity index (χ2n) is 7.35. The lowest BCUT2D eigenvalue weighted by atomic mass is 10.1. The summed E-state index contributed by atoms with van der Waals surface area (Å²) in [7, 11) is -3.68. The number of carbonyl (C=O) groups is 1. The number of sulfonamides is 1. The summed E-state index contributed by atoms with van der Waals surface area (Å²) in [6, 6.07) is 10.1. The first-order chi connectivity index (χ1) is 14.8. The van der Waals surface area contributed by atoms with Gasteiger partial charge in [-0.05, 0) is 62.2 Å². The predicted octanol–water partition coefficient (Wildman–Crippen LogP) is 3.10. The summed E-state index contributed by atoms with van der Waals surface area (Å²) in [5.74, 6) is -0.251. The molecule has 0 unspecified atom stereocenters. The summed E-state index contributed by atoms with van der Waals surface area (Å²) in [4.78, 5) is 12.6. The van der Waals surface area contributed by atoms with E-state index >= 15 is 0 Å². The van der Waals surface area contributed by atoms with E-state index in [0.29, 0.717) is 42.3 Å². The standard InChI is InChI=1S/C22H27FN2O5S/c1-3-29-21-11-6-16(22(26)24-14-20-5-4-12-30-20)13-17(21)15-25(31(2,27)28)19-9-7-18(23)8-10-19/h6-11,13,20H,3-5,12,14-15H2,1-2H3,(H,24,26)/t20-/m0/s1. The average Bonchev–Trinajstić information content (AvgIpc) is 3.25. The van der Waals surface area contributed by atoms with Crippen molar-refractivity contribution in [1.29, 1.82) is 0 Å². The number of nitrogens with one attached hydrogen (secondary N) is 1. The number of ether oxygens (including phenoxy) is 2. The Bertz CT molecular complexity index is 1010. The smallest absolute Gasteiger partial charge is 0.251 e. The van der Waals surface area contributed by atoms with Gasteiger partial charge in [-0.25, -0.2) is 12.8 Å². The molecule has 1 N–H and O–H groups in total. The maximum Gasteiger partial charge on any atom is 0.251 e. The van der Waals surface area contributed by atoms with Crippen LogP contribution < -0.4 is 14.4 Å². The van der Waals surface area contributed by atoms with E-state index in [1.165, 1.54) is 24.3 Å². The first-order valence-electron chi connectivity index (χ1n) is 10.2. The van der Waals surface area contributed by atoms with Gasteiger partial charge in [0, 0.05) is 24.3 Å². The zero-order chi connectivity index (χ0) is 22.4. The molecule has 1 amide bonds. The molecule has 1 atom stereocenters. The fraction of sp³-hybridized carbons (Fsp3) is 0.409. The molecule has 1 saturated heterocycles. The number of benzene rings is 2. The van der Waals surface area contributed by atoms with Crippen LogP contribution in [0.25, 0.3) is 0 Å². The van der Waals surface area contributed by atoms with Crippen molar-refractivity contribution in [3.63, 3.8) is 0 Å². The van der Waals surface area contributed by atoms with E-state index in [1.54, 1.807) is 18.2 Å². The van der Waals surface area contributed by atoms with E-state index in [9.17, 15) is 17.6 Å². The number of carbonyl (C=O) groups excluding carboxylic acids is 1. The molecular weight excluding hydrogens is 423 g/mol. The Balaban J connectivity index is 1.86. The van der Waals surface area contributed by atoms with Gasteiger partial charge < -0.3 is 14.8 Å². The molecule has 0 saturated carbocycles. The molecule has 168 valence electrons. The van der Waals surface area contributed by atoms with Gasteiger partial charge in [-0.1, -0.05) is 0 Å². The van der Waals surface area contributed by atoms with Crippen molar-refractivity contribution in [3.8, 4) is 5.75 Å². The fourth-order valence-electron chi connectivity index (χ4n) is 3.42. The third-order valence-electron chi connectivity index (χ3n) is 4.97. The first kappa shape index (κ1) is 23.0. The zero-order valence-electron chi connectivity index (χ0n) is 17.6. The molecule has 31 heavy (non-hydrogen) atoms. The molecule has 0 aliphatic carbocycles. The van der Waals surface area contributed by atoms with Crippen molar-refractivity contribution in [3.05, 3.63) is 59.4 Å². The second kappa shape index (κ2) is 10.1. The minimum Gasteiger partial charge on any atom is -0.494 e. The summed E-state index contributed by atoms with van der Waals surface area (Å²) in [5.41, 5.74) is 1.24. The van der Waals surface area contributed by atoms with E-state index in [2.05, 4.69) is 5.32 Å². The average molecular weight is 451 g/mol. The van der Waals surface area contributed by atoms with Crippen LogP contribution in [0, 0.1) is 5.82 Å². The van der Waals surface area contributed by atoms with Crippen molar-refractivity contribution in [2.75, 3.05) is 30.3 Å². The van der Waals surface area contributed by atoms with Crippen LogP contribution in [0.2, 0.25) is 0 Å². The van der Waals surface area contributed by atoms with Crippen LogP contribution in [0.5, 0.6) is 5.75 Å². The minimum atomic E-state index is -3.68. The molecule has 1 fully saturated rings. The number of nitrogens with zero attached hydrogens (tertiary/aromatic N) is 1. The summed E-state index contributed by atoms with van der Waals surface area (Å²) in [6.45, 7) is 3.27. The van der Waals surface area contributed by atoms with Gasteiger partial charge in [0.25, 0.3) is 5.91 Å². The van der Waals surface area contributed by atoms with Crippen LogP contribution >= 0.6 is 0 Å². The Morgan fingerprint density at radius 3 is 2.61 bits per heavy atom. The van der Waals surface area contributed by atoms with E-state index in [0.717, 1.165) is 23.4 Å². The van der Waals surface area contributed by atoms with E-state index < -0.39 is 15.8 Å². The van der Waals surface area contributed by atoms with Gasteiger partial charge in [0.15, 0.2) is 0 Å². The Morgan fingerprint density at radius 2 is 2.00 bits per heavy atom. The van der Waals surface area contributed by atoms with Gasteiger partial charge in [0.1, 0.15) is 11.6 Å². The lowest BCUT2D eigenvalue weighted by molar-refractivity contribution is 0.0857. The van der Waals surface area contributed by atoms with Gasteiger partial charge in [-0.15, -0.1) is 0 Å². The maximum atomic E-state index is 13.3. The van der Waals surface area contributed by atoms with Crippen molar-refractivity contribution < 1.29 is 27.1 Å². The normalized spacial score (nSPS) is 16.2. The Labute approximate surface area is 182 Å². The predicted molar refractivity (Wildman–Crippen MR) is 116 cm³/mol. The lowest BCUT2D eigenvalue weighted by Crippen LogP contribution is -2.32. The number of hydrogen-bond donors (Lipinski definition) is 1. The van der Waals surface area contributed by atoms with Gasteiger partial charge in [0.2, 0.25) is 10.0 Å². The molecular formula is C22H27FN2O5S. The highest BCUT2D eigenvalue weighted by Crippen LogP contribution is 2.27. The van der Waals surface area contributed by atoms with Crippen LogP contribution in [0.3, 0.4) is 0 Å². The van der Waals surface area contributed by atoms with Gasteiger partial charge in [-0.3, -0.25) is 9.10 Å². The van der Waals surface area contributed by atoms with Crippen molar-refractivity contribution in [2.45, 2.75) is 32.4 Å². The van der Waals surface area contributed by atoms with Crippen LogP contribution in [-0.4, -0.2) is 46.4 Å². The number of hydrogen-bond acceptors (Lipinski definition) is 5. The molecule has 9 heteroatoms. The number of rotatable bonds is 9. The molecule has 7 nitrogen and oxygen atoms in total. The molecule has 1 aliphatic rings. The minimum absolute atomic E-state index is 0.0188. The van der Waals surface area contributed by atoms with Crippen LogP contribution in [0.1, 0.15) is 35.7 Å². The Hall–Kier alpha value is -2.65. The largest absolute Gasteiger partial charge is 0.494 e. The first-order valence-corrected chi connectivity index (χ1v) is 12.0. The quantitative estimate of drug-likeness (QED) is 0.635. The summed E-state index contributed by atoms with van der Waals surface area (Å²) >= 11 is 0. The number of amides is 1. The molecule has 0 bridgehead atoms. The Kier molecular flexibility index (Phi) is 7.50. The molecule has 2 aromatic rings. The van der Waals surface area contributed by atoms with Crippen molar-refractivity contribution >= 4 is 21.6 Å². The third-order valence-corrected chi connectivity index (χ3v) is 6.11. The highest BCUT2D eigenvalue weighted by molar-refractivity contribution is 7.92. The van der Waals surface area contributed by atoms with Crippen LogP contribution in [-0.2, 0) is 21.3 Å². The third kappa shape index (κ3) is 6.18. The van der Waals surface area contributed by atoms with E-state index in [4.69, 9.17) is 9.47 Å². The van der Waals surface area contributed by atoms with Gasteiger partial charge in [-0.2, -0.15) is 0 Å². The summed E-state index contributed by atoms with van der Waals surface area (Å²) in [5, 5.41) is 2.86. The maximum absolute atomic E-state index is 13.3. The topological polar surface area (TPSA) is 84.9 Å². The molecule has 1 aliphatic heterocycles. The molecule has 1 heterocycles. The van der Waals surface area contributed by atoms with Gasteiger partial charge in [0.05, 0.1) is 31.2 Å². The summed E-state index contributed by atoms with van der Waals surface area (Å²) in [6.07, 6.45) is 2.99. The van der Waals surface area contributed by atoms with Gasteiger partial charge >= 0.3 is 0 Å². The van der Waals surface area contributed by atoms with Crippen molar-refractivity contribution in [2.24, 2.45) is 0 Å². The van der Waals surface area contributed by atoms with Crippen LogP contribution in [0.4, 0.5) is 10.1 Å². The molecule has 0 radical (unpaired) electrons. The Morgan fingerprint density at radius 1 is 1.26 bits per heavy atom. The molecule has 0 aromatic heterocycles. The molecule has 2 aromatic carbocycles. The molecule has 3 rings (SSSR count). The lowest BCUT2D eigenvalue weighted by Gasteiger charge is -2.24. The van der Waals surface area contributed by atoms with E-state index in [1.807, 2.05) is 6.92 Å². The fourth-order valence-corrected chi connectivity index (χ4v) is 4.29. The number of halogens is 1. The zero-order valence-corrected chi connectivity index (χ0v) is 18.5. The highest BCUT2D eigenvalue weighted by atomic mass is 32.2. The second-order valence-corrected chi connectivity index (χ2v) is 9.25. The SMILES string of the molecule is CCOc1ccc(C(=O)NC[C@@H]2CCCO2)cc1CN(c1ccc(F)cc1)S(C)(=O)=O. The highest BCUT2D eigenvalue weighted by Gasteiger charge is 2.22. The van der Waals surface area contributed by atoms with E-state index in [-0.39, 0.29) is 18.6 Å². The van der Waals surface area contributed by atoms with Crippen molar-refractivity contribution in [1.82, 2.24) is 5.32 Å². The molecule has 0 spiro atoms. The summed E-state index contributed by atoms with van der Waals surface area (Å²) < 4.78 is 50.6.